The normalized spacial score (nSPS) is 14.1. The molecule has 4 nitrogen and oxygen atoms in total. The van der Waals surface area contributed by atoms with Gasteiger partial charge in [-0.3, -0.25) is 4.79 Å². The third kappa shape index (κ3) is 3.46. The van der Waals surface area contributed by atoms with Crippen molar-refractivity contribution < 1.29 is 14.6 Å². The lowest BCUT2D eigenvalue weighted by Gasteiger charge is -2.23. The number of carbonyl (C=O) groups is 1. The predicted octanol–water partition coefficient (Wildman–Crippen LogP) is 1.99. The maximum atomic E-state index is 10.9. The van der Waals surface area contributed by atoms with Gasteiger partial charge in [0.25, 0.3) is 0 Å². The van der Waals surface area contributed by atoms with E-state index in [4.69, 9.17) is 15.6 Å². The van der Waals surface area contributed by atoms with Crippen molar-refractivity contribution in [3.8, 4) is 5.75 Å². The van der Waals surface area contributed by atoms with Crippen LogP contribution in [0.2, 0.25) is 0 Å². The summed E-state index contributed by atoms with van der Waals surface area (Å²) in [6.07, 6.45) is 0.755. The Bertz CT molecular complexity index is 379. The van der Waals surface area contributed by atoms with Crippen LogP contribution < -0.4 is 10.5 Å². The summed E-state index contributed by atoms with van der Waals surface area (Å²) < 4.78 is 5.25. The molecule has 2 unspecified atom stereocenters. The Balaban J connectivity index is 3.07. The molecule has 0 aliphatic carbocycles. The van der Waals surface area contributed by atoms with Gasteiger partial charge in [-0.2, -0.15) is 0 Å². The first-order valence-electron chi connectivity index (χ1n) is 5.70. The van der Waals surface area contributed by atoms with Crippen molar-refractivity contribution in [2.24, 2.45) is 5.73 Å². The van der Waals surface area contributed by atoms with E-state index in [9.17, 15) is 4.79 Å². The zero-order valence-corrected chi connectivity index (χ0v) is 10.2. The molecule has 0 aliphatic heterocycles. The molecule has 17 heavy (non-hydrogen) atoms. The third-order valence-corrected chi connectivity index (χ3v) is 2.92. The van der Waals surface area contributed by atoms with Gasteiger partial charge in [-0.1, -0.05) is 25.1 Å². The van der Waals surface area contributed by atoms with Crippen LogP contribution in [0, 0.1) is 0 Å². The van der Waals surface area contributed by atoms with Crippen LogP contribution in [0.25, 0.3) is 0 Å². The van der Waals surface area contributed by atoms with Crippen molar-refractivity contribution >= 4 is 5.97 Å². The molecule has 0 bridgehead atoms. The van der Waals surface area contributed by atoms with Crippen molar-refractivity contribution in [1.29, 1.82) is 0 Å². The number of carboxylic acid groups (broad SMARTS) is 1. The standard InChI is InChI=1S/C13H19NO3/c1-3-11(14)10(8-13(15)16)9-6-4-5-7-12(9)17-2/h4-7,10-11H,3,8,14H2,1-2H3,(H,15,16). The molecule has 2 atom stereocenters. The van der Waals surface area contributed by atoms with Crippen molar-refractivity contribution in [2.45, 2.75) is 31.7 Å². The van der Waals surface area contributed by atoms with Crippen molar-refractivity contribution in [2.75, 3.05) is 7.11 Å². The molecule has 4 heteroatoms. The molecule has 1 aromatic carbocycles. The van der Waals surface area contributed by atoms with Crippen LogP contribution in [0.1, 0.15) is 31.2 Å². The number of rotatable bonds is 6. The summed E-state index contributed by atoms with van der Waals surface area (Å²) in [6.45, 7) is 1.95. The van der Waals surface area contributed by atoms with Gasteiger partial charge in [0.15, 0.2) is 0 Å². The van der Waals surface area contributed by atoms with E-state index < -0.39 is 5.97 Å². The molecule has 0 heterocycles. The largest absolute Gasteiger partial charge is 0.496 e. The number of carboxylic acids is 1. The highest BCUT2D eigenvalue weighted by molar-refractivity contribution is 5.68. The van der Waals surface area contributed by atoms with Gasteiger partial charge in [0, 0.05) is 12.0 Å². The number of hydrogen-bond donors (Lipinski definition) is 2. The molecule has 0 saturated carbocycles. The van der Waals surface area contributed by atoms with Crippen LogP contribution in [0.3, 0.4) is 0 Å². The predicted molar refractivity (Wildman–Crippen MR) is 66.3 cm³/mol. The number of para-hydroxylation sites is 1. The molecule has 0 radical (unpaired) electrons. The minimum Gasteiger partial charge on any atom is -0.496 e. The van der Waals surface area contributed by atoms with Crippen LogP contribution in [-0.4, -0.2) is 24.2 Å². The van der Waals surface area contributed by atoms with E-state index in [0.717, 1.165) is 12.0 Å². The van der Waals surface area contributed by atoms with Crippen LogP contribution in [0.4, 0.5) is 0 Å². The highest BCUT2D eigenvalue weighted by atomic mass is 16.5. The molecule has 0 aliphatic rings. The van der Waals surface area contributed by atoms with E-state index in [1.54, 1.807) is 7.11 Å². The Morgan fingerprint density at radius 1 is 1.47 bits per heavy atom. The lowest BCUT2D eigenvalue weighted by atomic mass is 9.87. The molecular formula is C13H19NO3. The van der Waals surface area contributed by atoms with Gasteiger partial charge in [-0.05, 0) is 18.1 Å². The minimum atomic E-state index is -0.843. The quantitative estimate of drug-likeness (QED) is 0.793. The monoisotopic (exact) mass is 237 g/mol. The summed E-state index contributed by atoms with van der Waals surface area (Å²) in [5.41, 5.74) is 6.87. The molecule has 3 N–H and O–H groups in total. The number of nitrogens with two attached hydrogens (primary N) is 1. The lowest BCUT2D eigenvalue weighted by molar-refractivity contribution is -0.137. The van der Waals surface area contributed by atoms with E-state index in [1.165, 1.54) is 0 Å². The molecule has 0 fully saturated rings. The molecule has 0 saturated heterocycles. The van der Waals surface area contributed by atoms with E-state index in [2.05, 4.69) is 0 Å². The number of methoxy groups -OCH3 is 1. The number of ether oxygens (including phenoxy) is 1. The topological polar surface area (TPSA) is 72.6 Å². The second kappa shape index (κ2) is 6.25. The highest BCUT2D eigenvalue weighted by Crippen LogP contribution is 2.31. The van der Waals surface area contributed by atoms with E-state index in [-0.39, 0.29) is 18.4 Å². The first kappa shape index (κ1) is 13.5. The van der Waals surface area contributed by atoms with Gasteiger partial charge in [-0.15, -0.1) is 0 Å². The van der Waals surface area contributed by atoms with Crippen molar-refractivity contribution in [1.82, 2.24) is 0 Å². The summed E-state index contributed by atoms with van der Waals surface area (Å²) in [5.74, 6) is -0.360. The second-order valence-electron chi connectivity index (χ2n) is 4.02. The number of aliphatic carboxylic acids is 1. The Hall–Kier alpha value is -1.55. The van der Waals surface area contributed by atoms with Gasteiger partial charge in [-0.25, -0.2) is 0 Å². The van der Waals surface area contributed by atoms with Crippen LogP contribution >= 0.6 is 0 Å². The van der Waals surface area contributed by atoms with Crippen LogP contribution in [0.15, 0.2) is 24.3 Å². The van der Waals surface area contributed by atoms with Crippen molar-refractivity contribution in [3.63, 3.8) is 0 Å². The van der Waals surface area contributed by atoms with Gasteiger partial charge < -0.3 is 15.6 Å². The van der Waals surface area contributed by atoms with Gasteiger partial charge >= 0.3 is 5.97 Å². The average Bonchev–Trinajstić information content (AvgIpc) is 2.34. The van der Waals surface area contributed by atoms with E-state index in [1.807, 2.05) is 31.2 Å². The smallest absolute Gasteiger partial charge is 0.304 e. The molecular weight excluding hydrogens is 218 g/mol. The SMILES string of the molecule is CCC(N)C(CC(=O)O)c1ccccc1OC. The molecule has 0 amide bonds. The third-order valence-electron chi connectivity index (χ3n) is 2.92. The molecule has 1 aromatic rings. The van der Waals surface area contributed by atoms with Crippen molar-refractivity contribution in [3.05, 3.63) is 29.8 Å². The Kier molecular flexibility index (Phi) is 4.97. The highest BCUT2D eigenvalue weighted by Gasteiger charge is 2.24. The zero-order valence-electron chi connectivity index (χ0n) is 10.2. The number of benzene rings is 1. The summed E-state index contributed by atoms with van der Waals surface area (Å²) in [4.78, 5) is 10.9. The maximum absolute atomic E-state index is 10.9. The molecule has 0 aromatic heterocycles. The first-order valence-corrected chi connectivity index (χ1v) is 5.70. The Morgan fingerprint density at radius 3 is 2.65 bits per heavy atom. The van der Waals surface area contributed by atoms with Crippen LogP contribution in [-0.2, 0) is 4.79 Å². The van der Waals surface area contributed by atoms with E-state index in [0.29, 0.717) is 5.75 Å². The average molecular weight is 237 g/mol. The lowest BCUT2D eigenvalue weighted by Crippen LogP contribution is -2.29. The molecule has 94 valence electrons. The van der Waals surface area contributed by atoms with Gasteiger partial charge in [0.2, 0.25) is 0 Å². The fourth-order valence-electron chi connectivity index (χ4n) is 1.94. The van der Waals surface area contributed by atoms with Gasteiger partial charge in [0.1, 0.15) is 5.75 Å². The summed E-state index contributed by atoms with van der Waals surface area (Å²) in [7, 11) is 1.58. The van der Waals surface area contributed by atoms with Crippen LogP contribution in [0.5, 0.6) is 5.75 Å². The minimum absolute atomic E-state index is 0.0232. The van der Waals surface area contributed by atoms with Gasteiger partial charge in [0.05, 0.1) is 13.5 Å². The Morgan fingerprint density at radius 2 is 2.12 bits per heavy atom. The second-order valence-corrected chi connectivity index (χ2v) is 4.02. The summed E-state index contributed by atoms with van der Waals surface area (Å²) >= 11 is 0. The zero-order chi connectivity index (χ0) is 12.8. The summed E-state index contributed by atoms with van der Waals surface area (Å²) in [5, 5.41) is 8.96. The van der Waals surface area contributed by atoms with E-state index >= 15 is 0 Å². The molecule has 0 spiro atoms. The molecule has 1 rings (SSSR count). The summed E-state index contributed by atoms with van der Waals surface area (Å²) in [6, 6.07) is 7.25. The number of hydrogen-bond acceptors (Lipinski definition) is 3. The fourth-order valence-corrected chi connectivity index (χ4v) is 1.94. The maximum Gasteiger partial charge on any atom is 0.304 e. The fraction of sp³-hybridized carbons (Fsp3) is 0.462. The Labute approximate surface area is 101 Å². The first-order chi connectivity index (χ1) is 8.10.